The van der Waals surface area contributed by atoms with Crippen LogP contribution in [0.15, 0.2) is 24.3 Å². The summed E-state index contributed by atoms with van der Waals surface area (Å²) in [4.78, 5) is 22.9. The molecule has 8 nitrogen and oxygen atoms in total. The number of hydrogen-bond donors (Lipinski definition) is 3. The third-order valence-corrected chi connectivity index (χ3v) is 8.65. The highest BCUT2D eigenvalue weighted by atomic mass is 31.2. The second kappa shape index (κ2) is 28.2. The van der Waals surface area contributed by atoms with Crippen molar-refractivity contribution in [1.29, 1.82) is 0 Å². The van der Waals surface area contributed by atoms with Crippen molar-refractivity contribution < 1.29 is 32.9 Å². The van der Waals surface area contributed by atoms with Crippen molar-refractivity contribution in [3.63, 3.8) is 0 Å². The van der Waals surface area contributed by atoms with Crippen LogP contribution in [0.5, 0.6) is 0 Å². The Morgan fingerprint density at radius 2 is 1.23 bits per heavy atom. The number of phosphoric acid groups is 1. The molecule has 0 saturated heterocycles. The van der Waals surface area contributed by atoms with Crippen molar-refractivity contribution in [3.05, 3.63) is 24.3 Å². The van der Waals surface area contributed by atoms with Gasteiger partial charge in [0.05, 0.1) is 39.9 Å². The summed E-state index contributed by atoms with van der Waals surface area (Å²) >= 11 is 0. The first-order valence-electron chi connectivity index (χ1n) is 17.7. The SMILES string of the molecule is CCCCCC/C=C/CCCCCCCC(=O)N[C@@H](COP(=O)(O)OCC[N+](C)(C)C)[C@H](O)/C=C/CCCCCCCCC. The van der Waals surface area contributed by atoms with Gasteiger partial charge in [-0.15, -0.1) is 0 Å². The van der Waals surface area contributed by atoms with Crippen LogP contribution in [0.1, 0.15) is 142 Å². The molecule has 3 N–H and O–H groups in total. The second-order valence-corrected chi connectivity index (χ2v) is 14.7. The smallest absolute Gasteiger partial charge is 0.387 e. The first kappa shape index (κ1) is 43.0. The molecule has 0 heterocycles. The van der Waals surface area contributed by atoms with Crippen LogP contribution in [0.4, 0.5) is 0 Å². The largest absolute Gasteiger partial charge is 0.472 e. The Labute approximate surface area is 271 Å². The molecule has 9 heteroatoms. The fourth-order valence-electron chi connectivity index (χ4n) is 4.74. The van der Waals surface area contributed by atoms with E-state index >= 15 is 0 Å². The number of aliphatic hydroxyl groups is 1. The average molecular weight is 646 g/mol. The highest BCUT2D eigenvalue weighted by Gasteiger charge is 2.27. The maximum absolute atomic E-state index is 12.7. The number of aliphatic hydroxyl groups excluding tert-OH is 1. The van der Waals surface area contributed by atoms with Crippen molar-refractivity contribution in [1.82, 2.24) is 5.32 Å². The van der Waals surface area contributed by atoms with Gasteiger partial charge in [0.25, 0.3) is 0 Å². The Balaban J connectivity index is 4.58. The Bertz CT molecular complexity index is 784. The molecule has 0 aromatic heterocycles. The molecule has 1 unspecified atom stereocenters. The van der Waals surface area contributed by atoms with Gasteiger partial charge in [-0.25, -0.2) is 4.57 Å². The van der Waals surface area contributed by atoms with E-state index in [0.29, 0.717) is 17.4 Å². The molecule has 0 aliphatic heterocycles. The zero-order chi connectivity index (χ0) is 32.9. The van der Waals surface area contributed by atoms with E-state index in [4.69, 9.17) is 9.05 Å². The van der Waals surface area contributed by atoms with Crippen molar-refractivity contribution in [2.75, 3.05) is 40.9 Å². The lowest BCUT2D eigenvalue weighted by Gasteiger charge is -2.25. The van der Waals surface area contributed by atoms with Crippen LogP contribution in [-0.4, -0.2) is 73.4 Å². The molecule has 0 spiro atoms. The van der Waals surface area contributed by atoms with Crippen LogP contribution in [0.25, 0.3) is 0 Å². The van der Waals surface area contributed by atoms with Gasteiger partial charge in [0, 0.05) is 6.42 Å². The van der Waals surface area contributed by atoms with E-state index in [1.54, 1.807) is 6.08 Å². The first-order chi connectivity index (χ1) is 21.0. The minimum Gasteiger partial charge on any atom is -0.387 e. The van der Waals surface area contributed by atoms with E-state index in [1.807, 2.05) is 27.2 Å². The van der Waals surface area contributed by atoms with Crippen molar-refractivity contribution in [3.8, 4) is 0 Å². The Kier molecular flexibility index (Phi) is 27.6. The third-order valence-electron chi connectivity index (χ3n) is 7.67. The molecule has 0 rings (SSSR count). The van der Waals surface area contributed by atoms with Crippen LogP contribution < -0.4 is 5.32 Å². The van der Waals surface area contributed by atoms with E-state index in [0.717, 1.165) is 51.4 Å². The molecule has 44 heavy (non-hydrogen) atoms. The number of quaternary nitrogens is 1. The Morgan fingerprint density at radius 3 is 1.77 bits per heavy atom. The van der Waals surface area contributed by atoms with Crippen LogP contribution in [0, 0.1) is 0 Å². The van der Waals surface area contributed by atoms with Gasteiger partial charge in [-0.2, -0.15) is 0 Å². The molecule has 3 atom stereocenters. The summed E-state index contributed by atoms with van der Waals surface area (Å²) < 4.78 is 23.3. The zero-order valence-electron chi connectivity index (χ0n) is 29.1. The molecule has 0 aromatic carbocycles. The number of amides is 1. The molecule has 0 aromatic rings. The first-order valence-corrected chi connectivity index (χ1v) is 19.2. The van der Waals surface area contributed by atoms with Gasteiger partial charge in [0.1, 0.15) is 13.2 Å². The van der Waals surface area contributed by atoms with Gasteiger partial charge >= 0.3 is 7.82 Å². The fourth-order valence-corrected chi connectivity index (χ4v) is 5.47. The third kappa shape index (κ3) is 29.7. The number of likely N-dealkylation sites (N-methyl/N-ethyl adjacent to an activating group) is 1. The molecule has 0 aliphatic carbocycles. The Hall–Kier alpha value is -1.02. The highest BCUT2D eigenvalue weighted by molar-refractivity contribution is 7.47. The number of rotatable bonds is 31. The summed E-state index contributed by atoms with van der Waals surface area (Å²) in [7, 11) is 1.56. The summed E-state index contributed by atoms with van der Waals surface area (Å²) in [6.07, 6.45) is 29.5. The van der Waals surface area contributed by atoms with E-state index in [9.17, 15) is 19.4 Å². The molecule has 0 aliphatic rings. The van der Waals surface area contributed by atoms with Crippen LogP contribution >= 0.6 is 7.82 Å². The van der Waals surface area contributed by atoms with Gasteiger partial charge in [0.15, 0.2) is 0 Å². The number of nitrogens with zero attached hydrogens (tertiary/aromatic N) is 1. The van der Waals surface area contributed by atoms with E-state index in [-0.39, 0.29) is 19.1 Å². The summed E-state index contributed by atoms with van der Waals surface area (Å²) in [6, 6.07) is -0.843. The monoisotopic (exact) mass is 645 g/mol. The quantitative estimate of drug-likeness (QED) is 0.0302. The molecular weight excluding hydrogens is 575 g/mol. The number of allylic oxidation sites excluding steroid dienone is 3. The van der Waals surface area contributed by atoms with Gasteiger partial charge in [-0.1, -0.05) is 115 Å². The standard InChI is InChI=1S/C35H69N2O6P/c1-6-8-10-12-14-16-17-18-19-21-23-25-27-29-35(39)36-33(32-43-44(40,41)42-31-30-37(3,4)5)34(38)28-26-24-22-20-15-13-11-9-7-2/h16-17,26,28,33-34,38H,6-15,18-25,27,29-32H2,1-5H3,(H-,36,39,40,41)/p+1/b17-16+,28-26+/t33-,34+/m0/s1. The van der Waals surface area contributed by atoms with Crippen LogP contribution in [-0.2, 0) is 18.4 Å². The topological polar surface area (TPSA) is 105 Å². The molecule has 0 radical (unpaired) electrons. The number of phosphoric ester groups is 1. The summed E-state index contributed by atoms with van der Waals surface area (Å²) in [5.74, 6) is -0.192. The van der Waals surface area contributed by atoms with E-state index < -0.39 is 20.0 Å². The average Bonchev–Trinajstić information content (AvgIpc) is 2.95. The minimum atomic E-state index is -4.32. The van der Waals surface area contributed by atoms with Crippen LogP contribution in [0.3, 0.4) is 0 Å². The number of carbonyl (C=O) groups excluding carboxylic acids is 1. The van der Waals surface area contributed by atoms with Crippen molar-refractivity contribution >= 4 is 13.7 Å². The maximum Gasteiger partial charge on any atom is 0.472 e. The normalized spacial score (nSPS) is 15.2. The molecule has 260 valence electrons. The van der Waals surface area contributed by atoms with Gasteiger partial charge in [0.2, 0.25) is 5.91 Å². The maximum atomic E-state index is 12.7. The Morgan fingerprint density at radius 1 is 0.750 bits per heavy atom. The summed E-state index contributed by atoms with van der Waals surface area (Å²) in [5, 5.41) is 13.6. The van der Waals surface area contributed by atoms with Gasteiger partial charge in [-0.3, -0.25) is 13.8 Å². The van der Waals surface area contributed by atoms with Crippen molar-refractivity contribution in [2.24, 2.45) is 0 Å². The minimum absolute atomic E-state index is 0.0601. The van der Waals surface area contributed by atoms with Crippen LogP contribution in [0.2, 0.25) is 0 Å². The number of unbranched alkanes of at least 4 members (excludes halogenated alkanes) is 16. The molecule has 0 bridgehead atoms. The number of carbonyl (C=O) groups is 1. The predicted molar refractivity (Wildman–Crippen MR) is 185 cm³/mol. The highest BCUT2D eigenvalue weighted by Crippen LogP contribution is 2.43. The zero-order valence-corrected chi connectivity index (χ0v) is 30.0. The molecule has 1 amide bonds. The summed E-state index contributed by atoms with van der Waals surface area (Å²) in [5.41, 5.74) is 0. The summed E-state index contributed by atoms with van der Waals surface area (Å²) in [6.45, 7) is 4.73. The lowest BCUT2D eigenvalue weighted by Crippen LogP contribution is -2.45. The van der Waals surface area contributed by atoms with E-state index in [1.165, 1.54) is 70.6 Å². The molecule has 0 saturated carbocycles. The fraction of sp³-hybridized carbons (Fsp3) is 0.857. The van der Waals surface area contributed by atoms with Gasteiger partial charge in [-0.05, 0) is 44.9 Å². The lowest BCUT2D eigenvalue weighted by molar-refractivity contribution is -0.870. The van der Waals surface area contributed by atoms with Gasteiger partial charge < -0.3 is 19.8 Å². The second-order valence-electron chi connectivity index (χ2n) is 13.2. The van der Waals surface area contributed by atoms with E-state index in [2.05, 4.69) is 31.3 Å². The molecule has 0 fully saturated rings. The number of nitrogens with one attached hydrogen (secondary N) is 1. The molecular formula is C35H70N2O6P+. The van der Waals surface area contributed by atoms with Crippen molar-refractivity contribution in [2.45, 2.75) is 154 Å². The lowest BCUT2D eigenvalue weighted by atomic mass is 10.1. The predicted octanol–water partition coefficient (Wildman–Crippen LogP) is 8.63. The number of hydrogen-bond acceptors (Lipinski definition) is 5.